The van der Waals surface area contributed by atoms with Crippen molar-refractivity contribution in [1.82, 2.24) is 10.2 Å². The number of nitrogens with zero attached hydrogens (tertiary/aromatic N) is 1. The maximum absolute atomic E-state index is 5.92. The molecule has 21 heavy (non-hydrogen) atoms. The first-order chi connectivity index (χ1) is 9.77. The predicted octanol–water partition coefficient (Wildman–Crippen LogP) is 2.91. The van der Waals surface area contributed by atoms with Crippen LogP contribution in [0, 0.1) is 0 Å². The lowest BCUT2D eigenvalue weighted by Gasteiger charge is -2.33. The molecule has 1 rings (SSSR count). The van der Waals surface area contributed by atoms with E-state index in [0.717, 1.165) is 30.2 Å². The first-order valence-corrected chi connectivity index (χ1v) is 7.48. The zero-order valence-electron chi connectivity index (χ0n) is 14.5. The van der Waals surface area contributed by atoms with Crippen LogP contribution in [0.3, 0.4) is 0 Å². The minimum absolute atomic E-state index is 0.109. The minimum Gasteiger partial charge on any atom is -0.493 e. The Morgan fingerprint density at radius 3 is 2.43 bits per heavy atom. The van der Waals surface area contributed by atoms with Crippen LogP contribution in [0.4, 0.5) is 0 Å². The molecular formula is C17H30N2O2. The van der Waals surface area contributed by atoms with Gasteiger partial charge in [0, 0.05) is 24.2 Å². The summed E-state index contributed by atoms with van der Waals surface area (Å²) in [6.07, 6.45) is 0.123. The van der Waals surface area contributed by atoms with Crippen molar-refractivity contribution in [2.75, 3.05) is 27.7 Å². The summed E-state index contributed by atoms with van der Waals surface area (Å²) >= 11 is 0. The Kier molecular flexibility index (Phi) is 6.49. The van der Waals surface area contributed by atoms with E-state index in [4.69, 9.17) is 9.47 Å². The monoisotopic (exact) mass is 294 g/mol. The molecule has 0 radical (unpaired) electrons. The molecule has 1 aromatic rings. The Labute approximate surface area is 129 Å². The second-order valence-corrected chi connectivity index (χ2v) is 6.43. The maximum atomic E-state index is 5.92. The van der Waals surface area contributed by atoms with E-state index in [2.05, 4.69) is 44.2 Å². The van der Waals surface area contributed by atoms with Gasteiger partial charge in [-0.2, -0.15) is 0 Å². The number of para-hydroxylation sites is 1. The molecule has 0 fully saturated rings. The van der Waals surface area contributed by atoms with Crippen LogP contribution in [0.25, 0.3) is 0 Å². The minimum atomic E-state index is 0.109. The third-order valence-electron chi connectivity index (χ3n) is 3.72. The summed E-state index contributed by atoms with van der Waals surface area (Å²) in [7, 11) is 5.87. The number of methoxy groups -OCH3 is 1. The molecule has 0 saturated carbocycles. The number of ether oxygens (including phenoxy) is 2. The molecule has 0 aromatic heterocycles. The fourth-order valence-electron chi connectivity index (χ4n) is 1.89. The quantitative estimate of drug-likeness (QED) is 0.799. The molecule has 0 spiro atoms. The molecule has 1 aromatic carbocycles. The third-order valence-corrected chi connectivity index (χ3v) is 3.72. The van der Waals surface area contributed by atoms with Gasteiger partial charge in [-0.05, 0) is 47.9 Å². The molecule has 0 aliphatic rings. The van der Waals surface area contributed by atoms with Crippen LogP contribution in [0.2, 0.25) is 0 Å². The molecule has 0 unspecified atom stereocenters. The topological polar surface area (TPSA) is 33.7 Å². The summed E-state index contributed by atoms with van der Waals surface area (Å²) in [6.45, 7) is 10.2. The number of nitrogens with one attached hydrogen (secondary N) is 1. The average Bonchev–Trinajstić information content (AvgIpc) is 2.39. The zero-order chi connectivity index (χ0) is 16.0. The van der Waals surface area contributed by atoms with Gasteiger partial charge in [0.25, 0.3) is 0 Å². The molecule has 4 heteroatoms. The SMILES string of the molecule is COc1cccc(CNCC(C)(C)N(C)C)c1OC(C)C. The van der Waals surface area contributed by atoms with Crippen molar-refractivity contribution in [2.24, 2.45) is 0 Å². The third kappa shape index (κ3) is 5.21. The van der Waals surface area contributed by atoms with E-state index in [1.54, 1.807) is 7.11 Å². The summed E-state index contributed by atoms with van der Waals surface area (Å²) in [5.74, 6) is 1.63. The first kappa shape index (κ1) is 17.8. The van der Waals surface area contributed by atoms with Gasteiger partial charge < -0.3 is 19.7 Å². The van der Waals surface area contributed by atoms with Gasteiger partial charge in [-0.15, -0.1) is 0 Å². The molecule has 0 saturated heterocycles. The lowest BCUT2D eigenvalue weighted by molar-refractivity contribution is 0.188. The van der Waals surface area contributed by atoms with Gasteiger partial charge in [0.15, 0.2) is 11.5 Å². The van der Waals surface area contributed by atoms with Crippen molar-refractivity contribution in [1.29, 1.82) is 0 Å². The van der Waals surface area contributed by atoms with Crippen molar-refractivity contribution in [2.45, 2.75) is 45.9 Å². The highest BCUT2D eigenvalue weighted by atomic mass is 16.5. The fourth-order valence-corrected chi connectivity index (χ4v) is 1.89. The van der Waals surface area contributed by atoms with Gasteiger partial charge >= 0.3 is 0 Å². The van der Waals surface area contributed by atoms with E-state index in [1.165, 1.54) is 0 Å². The molecule has 0 heterocycles. The van der Waals surface area contributed by atoms with Crippen molar-refractivity contribution in [3.8, 4) is 11.5 Å². The van der Waals surface area contributed by atoms with E-state index in [-0.39, 0.29) is 11.6 Å². The van der Waals surface area contributed by atoms with Crippen LogP contribution in [0.1, 0.15) is 33.3 Å². The van der Waals surface area contributed by atoms with E-state index in [0.29, 0.717) is 0 Å². The highest BCUT2D eigenvalue weighted by molar-refractivity contribution is 5.46. The molecule has 0 bridgehead atoms. The van der Waals surface area contributed by atoms with Crippen LogP contribution in [-0.2, 0) is 6.54 Å². The highest BCUT2D eigenvalue weighted by Crippen LogP contribution is 2.32. The lowest BCUT2D eigenvalue weighted by Crippen LogP contribution is -2.46. The number of hydrogen-bond acceptors (Lipinski definition) is 4. The van der Waals surface area contributed by atoms with Gasteiger partial charge in [-0.25, -0.2) is 0 Å². The molecule has 0 aliphatic heterocycles. The van der Waals surface area contributed by atoms with E-state index >= 15 is 0 Å². The number of likely N-dealkylation sites (N-methyl/N-ethyl adjacent to an activating group) is 1. The fraction of sp³-hybridized carbons (Fsp3) is 0.647. The van der Waals surface area contributed by atoms with E-state index in [1.807, 2.05) is 26.0 Å². The largest absolute Gasteiger partial charge is 0.493 e. The Bertz CT molecular complexity index is 442. The Morgan fingerprint density at radius 1 is 1.24 bits per heavy atom. The molecular weight excluding hydrogens is 264 g/mol. The predicted molar refractivity (Wildman–Crippen MR) is 88.2 cm³/mol. The maximum Gasteiger partial charge on any atom is 0.166 e. The summed E-state index contributed by atoms with van der Waals surface area (Å²) < 4.78 is 11.3. The van der Waals surface area contributed by atoms with E-state index in [9.17, 15) is 0 Å². The molecule has 4 nitrogen and oxygen atoms in total. The molecule has 0 amide bonds. The summed E-state index contributed by atoms with van der Waals surface area (Å²) in [6, 6.07) is 6.01. The molecule has 120 valence electrons. The van der Waals surface area contributed by atoms with Crippen molar-refractivity contribution >= 4 is 0 Å². The summed E-state index contributed by atoms with van der Waals surface area (Å²) in [5.41, 5.74) is 1.23. The number of hydrogen-bond donors (Lipinski definition) is 1. The van der Waals surface area contributed by atoms with Crippen LogP contribution >= 0.6 is 0 Å². The normalized spacial score (nSPS) is 12.0. The summed E-state index contributed by atoms with van der Waals surface area (Å²) in [4.78, 5) is 2.22. The van der Waals surface area contributed by atoms with Gasteiger partial charge in [0.2, 0.25) is 0 Å². The molecule has 0 aliphatic carbocycles. The second-order valence-electron chi connectivity index (χ2n) is 6.43. The summed E-state index contributed by atoms with van der Waals surface area (Å²) in [5, 5.41) is 3.51. The van der Waals surface area contributed by atoms with E-state index < -0.39 is 0 Å². The van der Waals surface area contributed by atoms with Crippen LogP contribution < -0.4 is 14.8 Å². The van der Waals surface area contributed by atoms with Gasteiger partial charge in [-0.1, -0.05) is 12.1 Å². The zero-order valence-corrected chi connectivity index (χ0v) is 14.5. The lowest BCUT2D eigenvalue weighted by atomic mass is 10.0. The molecule has 0 atom stereocenters. The molecule has 1 N–H and O–H groups in total. The van der Waals surface area contributed by atoms with Crippen LogP contribution in [0.15, 0.2) is 18.2 Å². The van der Waals surface area contributed by atoms with Gasteiger partial charge in [0.05, 0.1) is 13.2 Å². The Balaban J connectivity index is 2.79. The Morgan fingerprint density at radius 2 is 1.90 bits per heavy atom. The first-order valence-electron chi connectivity index (χ1n) is 7.48. The van der Waals surface area contributed by atoms with Crippen molar-refractivity contribution in [3.63, 3.8) is 0 Å². The van der Waals surface area contributed by atoms with Crippen molar-refractivity contribution < 1.29 is 9.47 Å². The Hall–Kier alpha value is -1.26. The smallest absolute Gasteiger partial charge is 0.166 e. The standard InChI is InChI=1S/C17H30N2O2/c1-13(2)21-16-14(9-8-10-15(16)20-7)11-18-12-17(3,4)19(5)6/h8-10,13,18H,11-12H2,1-7H3. The number of benzene rings is 1. The van der Waals surface area contributed by atoms with Crippen LogP contribution in [-0.4, -0.2) is 44.3 Å². The average molecular weight is 294 g/mol. The number of rotatable bonds is 8. The highest BCUT2D eigenvalue weighted by Gasteiger charge is 2.20. The van der Waals surface area contributed by atoms with Gasteiger partial charge in [0.1, 0.15) is 0 Å². The van der Waals surface area contributed by atoms with Crippen molar-refractivity contribution in [3.05, 3.63) is 23.8 Å². The van der Waals surface area contributed by atoms with Gasteiger partial charge in [-0.3, -0.25) is 0 Å². The second kappa shape index (κ2) is 7.66. The van der Waals surface area contributed by atoms with Crippen LogP contribution in [0.5, 0.6) is 11.5 Å².